The third-order valence-corrected chi connectivity index (χ3v) is 2.74. The minimum atomic E-state index is -0.868. The van der Waals surface area contributed by atoms with Gasteiger partial charge in [0.15, 0.2) is 0 Å². The minimum Gasteiger partial charge on any atom is -0.490 e. The van der Waals surface area contributed by atoms with Gasteiger partial charge in [0.25, 0.3) is 0 Å². The quantitative estimate of drug-likeness (QED) is 0.852. The Morgan fingerprint density at radius 2 is 1.95 bits per heavy atom. The van der Waals surface area contributed by atoms with Gasteiger partial charge in [0, 0.05) is 6.07 Å². The molecule has 0 fully saturated rings. The number of benzene rings is 2. The molecule has 0 aliphatic heterocycles. The van der Waals surface area contributed by atoms with E-state index in [4.69, 9.17) is 9.47 Å². The van der Waals surface area contributed by atoms with Crippen LogP contribution in [0.1, 0.15) is 5.56 Å². The lowest BCUT2D eigenvalue weighted by Gasteiger charge is -2.09. The minimum absolute atomic E-state index is 0.00257. The van der Waals surface area contributed by atoms with E-state index in [2.05, 4.69) is 5.32 Å². The zero-order valence-electron chi connectivity index (χ0n) is 11.9. The van der Waals surface area contributed by atoms with Crippen LogP contribution in [0.25, 0.3) is 0 Å². The van der Waals surface area contributed by atoms with Gasteiger partial charge < -0.3 is 9.47 Å². The molecule has 1 amide bonds. The Hall–Kier alpha value is -2.63. The zero-order chi connectivity index (χ0) is 15.9. The van der Waals surface area contributed by atoms with E-state index in [0.717, 1.165) is 17.7 Å². The lowest BCUT2D eigenvalue weighted by Crippen LogP contribution is -2.18. The van der Waals surface area contributed by atoms with Gasteiger partial charge in [-0.25, -0.2) is 13.6 Å². The standard InChI is InChI=1S/C16H15F2NO3/c1-11-3-2-4-13(9-11)21-7-8-22-16(20)19-15-6-5-12(17)10-14(15)18/h2-6,9-10H,7-8H2,1H3,(H,19,20). The molecule has 0 radical (unpaired) electrons. The van der Waals surface area contributed by atoms with E-state index < -0.39 is 17.7 Å². The van der Waals surface area contributed by atoms with Crippen molar-refractivity contribution in [2.75, 3.05) is 18.5 Å². The van der Waals surface area contributed by atoms with E-state index >= 15 is 0 Å². The van der Waals surface area contributed by atoms with Crippen LogP contribution in [0.4, 0.5) is 19.3 Å². The van der Waals surface area contributed by atoms with Crippen molar-refractivity contribution in [1.29, 1.82) is 0 Å². The number of hydrogen-bond donors (Lipinski definition) is 1. The molecule has 0 bridgehead atoms. The summed E-state index contributed by atoms with van der Waals surface area (Å²) in [7, 11) is 0. The molecule has 4 nitrogen and oxygen atoms in total. The van der Waals surface area contributed by atoms with Gasteiger partial charge in [-0.3, -0.25) is 5.32 Å². The second-order valence-electron chi connectivity index (χ2n) is 4.55. The van der Waals surface area contributed by atoms with Crippen molar-refractivity contribution in [2.24, 2.45) is 0 Å². The number of amides is 1. The van der Waals surface area contributed by atoms with Crippen molar-refractivity contribution in [2.45, 2.75) is 6.92 Å². The predicted octanol–water partition coefficient (Wildman–Crippen LogP) is 3.90. The average molecular weight is 307 g/mol. The Kier molecular flexibility index (Phi) is 5.30. The van der Waals surface area contributed by atoms with Crippen LogP contribution in [0.5, 0.6) is 5.75 Å². The van der Waals surface area contributed by atoms with Gasteiger partial charge in [0.2, 0.25) is 0 Å². The summed E-state index contributed by atoms with van der Waals surface area (Å²) in [6.45, 7) is 2.11. The Bertz CT molecular complexity index is 662. The van der Waals surface area contributed by atoms with Gasteiger partial charge in [-0.2, -0.15) is 0 Å². The van der Waals surface area contributed by atoms with Crippen LogP contribution in [-0.2, 0) is 4.74 Å². The first-order valence-electron chi connectivity index (χ1n) is 6.63. The maximum atomic E-state index is 13.3. The summed E-state index contributed by atoms with van der Waals surface area (Å²) in [5.41, 5.74) is 0.911. The van der Waals surface area contributed by atoms with Crippen LogP contribution in [0.3, 0.4) is 0 Å². The van der Waals surface area contributed by atoms with Crippen LogP contribution < -0.4 is 10.1 Å². The van der Waals surface area contributed by atoms with E-state index in [1.165, 1.54) is 0 Å². The van der Waals surface area contributed by atoms with Gasteiger partial charge in [0.1, 0.15) is 30.6 Å². The van der Waals surface area contributed by atoms with Crippen molar-refractivity contribution < 1.29 is 23.0 Å². The van der Waals surface area contributed by atoms with Gasteiger partial charge in [-0.05, 0) is 36.8 Å². The molecule has 0 aromatic heterocycles. The molecular formula is C16H15F2NO3. The maximum absolute atomic E-state index is 13.3. The molecule has 0 saturated carbocycles. The molecule has 116 valence electrons. The number of ether oxygens (including phenoxy) is 2. The van der Waals surface area contributed by atoms with Crippen LogP contribution in [0.2, 0.25) is 0 Å². The molecule has 0 saturated heterocycles. The summed E-state index contributed by atoms with van der Waals surface area (Å²) >= 11 is 0. The van der Waals surface area contributed by atoms with Crippen molar-refractivity contribution in [3.05, 3.63) is 59.7 Å². The van der Waals surface area contributed by atoms with Crippen molar-refractivity contribution in [1.82, 2.24) is 0 Å². The van der Waals surface area contributed by atoms with Gasteiger partial charge in [-0.15, -0.1) is 0 Å². The van der Waals surface area contributed by atoms with Crippen LogP contribution in [0.15, 0.2) is 42.5 Å². The SMILES string of the molecule is Cc1cccc(OCCOC(=O)Nc2ccc(F)cc2F)c1. The topological polar surface area (TPSA) is 47.6 Å². The van der Waals surface area contributed by atoms with Gasteiger partial charge in [-0.1, -0.05) is 12.1 Å². The van der Waals surface area contributed by atoms with Crippen LogP contribution in [-0.4, -0.2) is 19.3 Å². The highest BCUT2D eigenvalue weighted by Crippen LogP contribution is 2.15. The lowest BCUT2D eigenvalue weighted by molar-refractivity contribution is 0.137. The molecule has 2 aromatic carbocycles. The van der Waals surface area contributed by atoms with E-state index in [1.807, 2.05) is 25.1 Å². The first-order valence-corrected chi connectivity index (χ1v) is 6.63. The van der Waals surface area contributed by atoms with E-state index in [1.54, 1.807) is 6.07 Å². The van der Waals surface area contributed by atoms with Crippen molar-refractivity contribution in [3.8, 4) is 5.75 Å². The molecule has 0 atom stereocenters. The summed E-state index contributed by atoms with van der Waals surface area (Å²) in [6, 6.07) is 10.3. The summed E-state index contributed by atoms with van der Waals surface area (Å²) in [5, 5.41) is 2.19. The lowest BCUT2D eigenvalue weighted by atomic mass is 10.2. The van der Waals surface area contributed by atoms with Crippen molar-refractivity contribution >= 4 is 11.8 Å². The molecule has 1 N–H and O–H groups in total. The predicted molar refractivity (Wildman–Crippen MR) is 78.0 cm³/mol. The Morgan fingerprint density at radius 3 is 2.68 bits per heavy atom. The molecule has 0 aliphatic carbocycles. The fourth-order valence-corrected chi connectivity index (χ4v) is 1.74. The molecule has 22 heavy (non-hydrogen) atoms. The monoisotopic (exact) mass is 307 g/mol. The van der Waals surface area contributed by atoms with E-state index in [-0.39, 0.29) is 18.9 Å². The second kappa shape index (κ2) is 7.40. The number of hydrogen-bond acceptors (Lipinski definition) is 3. The number of carbonyl (C=O) groups excluding carboxylic acids is 1. The third-order valence-electron chi connectivity index (χ3n) is 2.74. The molecule has 0 unspecified atom stereocenters. The zero-order valence-corrected chi connectivity index (χ0v) is 11.9. The third kappa shape index (κ3) is 4.73. The first-order chi connectivity index (χ1) is 10.5. The van der Waals surface area contributed by atoms with E-state index in [9.17, 15) is 13.6 Å². The number of nitrogens with one attached hydrogen (secondary N) is 1. The number of rotatable bonds is 5. The fraction of sp³-hybridized carbons (Fsp3) is 0.188. The summed E-state index contributed by atoms with van der Waals surface area (Å²) < 4.78 is 36.3. The van der Waals surface area contributed by atoms with Crippen molar-refractivity contribution in [3.63, 3.8) is 0 Å². The smallest absolute Gasteiger partial charge is 0.411 e. The van der Waals surface area contributed by atoms with Gasteiger partial charge in [0.05, 0.1) is 5.69 Å². The Labute approximate surface area is 126 Å². The highest BCUT2D eigenvalue weighted by Gasteiger charge is 2.08. The normalized spacial score (nSPS) is 10.1. The molecule has 0 spiro atoms. The number of aryl methyl sites for hydroxylation is 1. The Balaban J connectivity index is 1.74. The first kappa shape index (κ1) is 15.8. The highest BCUT2D eigenvalue weighted by molar-refractivity contribution is 5.84. The number of anilines is 1. The van der Waals surface area contributed by atoms with Crippen LogP contribution in [0, 0.1) is 18.6 Å². The molecule has 0 heterocycles. The molecule has 6 heteroatoms. The Morgan fingerprint density at radius 1 is 1.14 bits per heavy atom. The number of carbonyl (C=O) groups is 1. The van der Waals surface area contributed by atoms with Gasteiger partial charge >= 0.3 is 6.09 Å². The largest absolute Gasteiger partial charge is 0.490 e. The molecule has 2 rings (SSSR count). The molecular weight excluding hydrogens is 292 g/mol. The summed E-state index contributed by atoms with van der Waals surface area (Å²) in [4.78, 5) is 11.5. The fourth-order valence-electron chi connectivity index (χ4n) is 1.74. The molecule has 0 aliphatic rings. The maximum Gasteiger partial charge on any atom is 0.411 e. The number of halogens is 2. The summed E-state index contributed by atoms with van der Waals surface area (Å²) in [5.74, 6) is -0.912. The van der Waals surface area contributed by atoms with E-state index in [0.29, 0.717) is 11.8 Å². The molecule has 2 aromatic rings. The summed E-state index contributed by atoms with van der Waals surface area (Å²) in [6.07, 6.45) is -0.835. The van der Waals surface area contributed by atoms with Crippen LogP contribution >= 0.6 is 0 Å². The highest BCUT2D eigenvalue weighted by atomic mass is 19.1. The second-order valence-corrected chi connectivity index (χ2v) is 4.55. The average Bonchev–Trinajstić information content (AvgIpc) is 2.47.